The SMILES string of the molecule is C[C@@H](COc1ccnc2c1[C@H](C)CCC2)C[C@H]1Cc2ccc(OC[C@H]3CCCCN3C)cc2C12CCC(Nc1cccc(Cl)c1)(C(=O)O)CC2. The lowest BCUT2D eigenvalue weighted by atomic mass is 9.59. The van der Waals surface area contributed by atoms with Crippen LogP contribution in [0.2, 0.25) is 5.02 Å². The molecule has 7 nitrogen and oxygen atoms in total. The zero-order valence-electron chi connectivity index (χ0n) is 30.1. The number of piperidine rings is 1. The summed E-state index contributed by atoms with van der Waals surface area (Å²) >= 11 is 6.30. The number of fused-ring (bicyclic) bond motifs is 3. The second-order valence-electron chi connectivity index (χ2n) is 16.0. The first-order valence-electron chi connectivity index (χ1n) is 19.0. The predicted octanol–water partition coefficient (Wildman–Crippen LogP) is 9.06. The number of carbonyl (C=O) groups is 1. The third kappa shape index (κ3) is 7.10. The fourth-order valence-corrected chi connectivity index (χ4v) is 9.90. The van der Waals surface area contributed by atoms with Gasteiger partial charge in [-0.2, -0.15) is 0 Å². The molecular formula is C42H54ClN3O4. The molecule has 50 heavy (non-hydrogen) atoms. The van der Waals surface area contributed by atoms with Crippen LogP contribution in [0.5, 0.6) is 11.5 Å². The van der Waals surface area contributed by atoms with Crippen LogP contribution in [-0.4, -0.2) is 59.3 Å². The minimum absolute atomic E-state index is 0.121. The summed E-state index contributed by atoms with van der Waals surface area (Å²) in [6.07, 6.45) is 13.7. The largest absolute Gasteiger partial charge is 0.493 e. The first kappa shape index (κ1) is 35.1. The minimum atomic E-state index is -1.05. The van der Waals surface area contributed by atoms with E-state index in [-0.39, 0.29) is 5.41 Å². The van der Waals surface area contributed by atoms with E-state index >= 15 is 0 Å². The third-order valence-corrected chi connectivity index (χ3v) is 12.9. The monoisotopic (exact) mass is 699 g/mol. The van der Waals surface area contributed by atoms with Gasteiger partial charge in [0.15, 0.2) is 0 Å². The number of aliphatic carboxylic acids is 1. The number of nitrogens with zero attached hydrogens (tertiary/aromatic N) is 2. The molecular weight excluding hydrogens is 646 g/mol. The molecule has 1 aromatic heterocycles. The Hall–Kier alpha value is -3.29. The molecule has 268 valence electrons. The molecule has 4 atom stereocenters. The number of hydrogen-bond acceptors (Lipinski definition) is 6. The fourth-order valence-electron chi connectivity index (χ4n) is 9.71. The number of nitrogens with one attached hydrogen (secondary N) is 1. The quantitative estimate of drug-likeness (QED) is 0.207. The maximum Gasteiger partial charge on any atom is 0.329 e. The van der Waals surface area contributed by atoms with Crippen LogP contribution >= 0.6 is 11.6 Å². The van der Waals surface area contributed by atoms with Crippen LogP contribution in [0.25, 0.3) is 0 Å². The zero-order chi connectivity index (χ0) is 34.9. The number of ether oxygens (including phenoxy) is 2. The predicted molar refractivity (Wildman–Crippen MR) is 200 cm³/mol. The maximum atomic E-state index is 13.0. The van der Waals surface area contributed by atoms with Crippen LogP contribution in [-0.2, 0) is 23.1 Å². The summed E-state index contributed by atoms with van der Waals surface area (Å²) in [5, 5.41) is 14.7. The van der Waals surface area contributed by atoms with E-state index in [1.807, 2.05) is 36.5 Å². The van der Waals surface area contributed by atoms with Crippen molar-refractivity contribution < 1.29 is 19.4 Å². The molecule has 3 aliphatic carbocycles. The van der Waals surface area contributed by atoms with Gasteiger partial charge in [-0.25, -0.2) is 4.79 Å². The number of likely N-dealkylation sites (N-methyl/N-ethyl adjacent to an activating group) is 1. The van der Waals surface area contributed by atoms with Crippen LogP contribution in [0.1, 0.15) is 106 Å². The summed E-state index contributed by atoms with van der Waals surface area (Å²) in [5.41, 5.74) is 4.83. The standard InChI is InChI=1S/C42H54ClN3O4/c1-28(26-50-38-15-20-44-37-12-6-8-29(2)39(37)38)22-31-23-30-13-14-35(49-27-34-11-4-5-21-46(34)3)25-36(30)41(31)16-18-42(19-17-41,40(47)48)45-33-10-7-9-32(43)24-33/h7,9-10,13-15,20,24-25,28-29,31,34,45H,4-6,8,11-12,16-19,21-23,26-27H2,1-3H3,(H,47,48)/t28-,29-,31+,34-,41?,42?/m1/s1. The average Bonchev–Trinajstić information content (AvgIpc) is 3.39. The van der Waals surface area contributed by atoms with E-state index in [2.05, 4.69) is 54.3 Å². The second kappa shape index (κ2) is 14.7. The number of likely N-dealkylation sites (tertiary alicyclic amines) is 1. The lowest BCUT2D eigenvalue weighted by molar-refractivity contribution is -0.144. The molecule has 2 fully saturated rings. The Bertz CT molecular complexity index is 1670. The highest BCUT2D eigenvalue weighted by atomic mass is 35.5. The highest BCUT2D eigenvalue weighted by Crippen LogP contribution is 2.57. The second-order valence-corrected chi connectivity index (χ2v) is 16.4. The average molecular weight is 700 g/mol. The summed E-state index contributed by atoms with van der Waals surface area (Å²) in [5.74, 6) is 2.33. The maximum absolute atomic E-state index is 13.0. The van der Waals surface area contributed by atoms with Crippen molar-refractivity contribution in [2.24, 2.45) is 11.8 Å². The van der Waals surface area contributed by atoms with E-state index in [9.17, 15) is 9.90 Å². The summed E-state index contributed by atoms with van der Waals surface area (Å²) < 4.78 is 13.1. The first-order chi connectivity index (χ1) is 24.2. The van der Waals surface area contributed by atoms with Gasteiger partial charge in [0.1, 0.15) is 23.6 Å². The number of rotatable bonds is 11. The Morgan fingerprint density at radius 2 is 1.92 bits per heavy atom. The summed E-state index contributed by atoms with van der Waals surface area (Å²) in [6.45, 7) is 7.09. The van der Waals surface area contributed by atoms with Crippen LogP contribution in [0.15, 0.2) is 54.7 Å². The number of halogens is 1. The highest BCUT2D eigenvalue weighted by Gasteiger charge is 2.54. The smallest absolute Gasteiger partial charge is 0.329 e. The fraction of sp³-hybridized carbons (Fsp3) is 0.571. The lowest BCUT2D eigenvalue weighted by Crippen LogP contribution is -2.53. The third-order valence-electron chi connectivity index (χ3n) is 12.6. The van der Waals surface area contributed by atoms with Crippen LogP contribution < -0.4 is 14.8 Å². The molecule has 1 saturated carbocycles. The van der Waals surface area contributed by atoms with Crippen LogP contribution in [0, 0.1) is 11.8 Å². The number of hydrogen-bond donors (Lipinski definition) is 2. The van der Waals surface area contributed by atoms with Crippen molar-refractivity contribution in [2.75, 3.05) is 32.1 Å². The summed E-state index contributed by atoms with van der Waals surface area (Å²) in [4.78, 5) is 20.1. The number of aromatic nitrogens is 1. The van der Waals surface area contributed by atoms with E-state index in [0.29, 0.717) is 54.9 Å². The van der Waals surface area contributed by atoms with Gasteiger partial charge in [-0.05, 0) is 155 Å². The van der Waals surface area contributed by atoms with Crippen molar-refractivity contribution in [1.82, 2.24) is 9.88 Å². The summed E-state index contributed by atoms with van der Waals surface area (Å²) in [7, 11) is 2.21. The molecule has 8 heteroatoms. The van der Waals surface area contributed by atoms with Gasteiger partial charge < -0.3 is 24.8 Å². The Morgan fingerprint density at radius 3 is 2.70 bits per heavy atom. The molecule has 4 aliphatic rings. The molecule has 1 saturated heterocycles. The van der Waals surface area contributed by atoms with E-state index in [1.54, 1.807) is 0 Å². The van der Waals surface area contributed by atoms with E-state index in [4.69, 9.17) is 21.1 Å². The van der Waals surface area contributed by atoms with Gasteiger partial charge in [0.05, 0.1) is 6.61 Å². The van der Waals surface area contributed by atoms with Crippen molar-refractivity contribution in [2.45, 2.75) is 114 Å². The molecule has 0 bridgehead atoms. The van der Waals surface area contributed by atoms with Gasteiger partial charge in [0.2, 0.25) is 0 Å². The number of pyridine rings is 1. The number of anilines is 1. The van der Waals surface area contributed by atoms with E-state index < -0.39 is 11.5 Å². The molecule has 7 rings (SSSR count). The lowest BCUT2D eigenvalue weighted by Gasteiger charge is -2.47. The van der Waals surface area contributed by atoms with Gasteiger partial charge in [-0.3, -0.25) is 4.98 Å². The molecule has 2 N–H and O–H groups in total. The topological polar surface area (TPSA) is 83.9 Å². The number of carboxylic acid groups (broad SMARTS) is 1. The summed E-state index contributed by atoms with van der Waals surface area (Å²) in [6, 6.07) is 16.6. The van der Waals surface area contributed by atoms with E-state index in [1.165, 1.54) is 54.5 Å². The Morgan fingerprint density at radius 1 is 1.08 bits per heavy atom. The van der Waals surface area contributed by atoms with Crippen LogP contribution in [0.3, 0.4) is 0 Å². The Labute approximate surface area is 303 Å². The molecule has 1 aliphatic heterocycles. The van der Waals surface area contributed by atoms with Gasteiger partial charge in [-0.1, -0.05) is 44.0 Å². The Kier molecular flexibility index (Phi) is 10.4. The normalized spacial score (nSPS) is 28.4. The van der Waals surface area contributed by atoms with Crippen molar-refractivity contribution in [1.29, 1.82) is 0 Å². The molecule has 0 unspecified atom stereocenters. The van der Waals surface area contributed by atoms with Crippen LogP contribution in [0.4, 0.5) is 5.69 Å². The van der Waals surface area contributed by atoms with Crippen molar-refractivity contribution >= 4 is 23.3 Å². The molecule has 1 spiro atoms. The van der Waals surface area contributed by atoms with Gasteiger partial charge in [0.25, 0.3) is 0 Å². The van der Waals surface area contributed by atoms with Gasteiger partial charge in [-0.15, -0.1) is 0 Å². The zero-order valence-corrected chi connectivity index (χ0v) is 30.8. The Balaban J connectivity index is 1.12. The van der Waals surface area contributed by atoms with E-state index in [0.717, 1.165) is 55.8 Å². The van der Waals surface area contributed by atoms with Gasteiger partial charge >= 0.3 is 5.97 Å². The number of carboxylic acids is 1. The van der Waals surface area contributed by atoms with Gasteiger partial charge in [0, 0.05) is 34.2 Å². The molecule has 2 heterocycles. The number of benzene rings is 2. The molecule has 0 amide bonds. The molecule has 2 aromatic carbocycles. The number of aryl methyl sites for hydroxylation is 1. The van der Waals surface area contributed by atoms with Crippen molar-refractivity contribution in [3.8, 4) is 11.5 Å². The molecule has 3 aromatic rings. The van der Waals surface area contributed by atoms with Crippen molar-refractivity contribution in [3.05, 3.63) is 82.1 Å². The highest BCUT2D eigenvalue weighted by molar-refractivity contribution is 6.30. The van der Waals surface area contributed by atoms with Crippen molar-refractivity contribution in [3.63, 3.8) is 0 Å². The first-order valence-corrected chi connectivity index (χ1v) is 19.4. The molecule has 0 radical (unpaired) electrons. The minimum Gasteiger partial charge on any atom is -0.493 e.